The van der Waals surface area contributed by atoms with Crippen LogP contribution in [-0.4, -0.2) is 25.3 Å². The second kappa shape index (κ2) is 7.05. The Labute approximate surface area is 133 Å². The molecule has 126 valence electrons. The number of benzene rings is 1. The van der Waals surface area contributed by atoms with Crippen molar-refractivity contribution in [2.75, 3.05) is 6.26 Å². The van der Waals surface area contributed by atoms with E-state index in [9.17, 15) is 26.0 Å². The van der Waals surface area contributed by atoms with Gasteiger partial charge in [-0.2, -0.15) is 26.9 Å². The van der Waals surface area contributed by atoms with Gasteiger partial charge in [0.15, 0.2) is 11.4 Å². The number of hydrogen-bond donors (Lipinski definition) is 1. The highest BCUT2D eigenvalue weighted by Gasteiger charge is 2.48. The summed E-state index contributed by atoms with van der Waals surface area (Å²) in [5.41, 5.74) is -6.28. The minimum Gasteiger partial charge on any atom is -0.376 e. The van der Waals surface area contributed by atoms with Gasteiger partial charge in [-0.3, -0.25) is 5.32 Å². The van der Waals surface area contributed by atoms with Gasteiger partial charge in [0.1, 0.15) is 17.3 Å². The van der Waals surface area contributed by atoms with E-state index >= 15 is 0 Å². The van der Waals surface area contributed by atoms with Crippen LogP contribution in [0, 0.1) is 24.2 Å². The molecule has 0 spiro atoms. The number of thioether (sulfide) groups is 1. The number of nitriles is 1. The van der Waals surface area contributed by atoms with Gasteiger partial charge in [0.25, 0.3) is 0 Å². The molecule has 0 aliphatic carbocycles. The zero-order chi connectivity index (χ0) is 17.8. The van der Waals surface area contributed by atoms with Crippen LogP contribution in [0.15, 0.2) is 17.1 Å². The SMILES string of the molecule is CSC(=Nc1cc(OS(=O)(=O)C(F)(F)F)c(C)cc1F)NC#N. The Kier molecular flexibility index (Phi) is 5.84. The van der Waals surface area contributed by atoms with E-state index in [-0.39, 0.29) is 10.7 Å². The van der Waals surface area contributed by atoms with Gasteiger partial charge >= 0.3 is 15.6 Å². The molecule has 0 fully saturated rings. The smallest absolute Gasteiger partial charge is 0.376 e. The van der Waals surface area contributed by atoms with Crippen molar-refractivity contribution in [3.63, 3.8) is 0 Å². The highest BCUT2D eigenvalue weighted by atomic mass is 32.2. The van der Waals surface area contributed by atoms with Gasteiger partial charge < -0.3 is 4.18 Å². The van der Waals surface area contributed by atoms with Gasteiger partial charge in [0.05, 0.1) is 0 Å². The van der Waals surface area contributed by atoms with Gasteiger partial charge in [0.2, 0.25) is 0 Å². The zero-order valence-corrected chi connectivity index (χ0v) is 13.2. The first-order valence-corrected chi connectivity index (χ1v) is 8.24. The third-order valence-electron chi connectivity index (χ3n) is 2.31. The molecule has 0 radical (unpaired) electrons. The van der Waals surface area contributed by atoms with E-state index in [1.54, 1.807) is 6.19 Å². The summed E-state index contributed by atoms with van der Waals surface area (Å²) in [5, 5.41) is 10.6. The molecule has 0 aliphatic heterocycles. The van der Waals surface area contributed by atoms with E-state index in [1.807, 2.05) is 0 Å². The average molecular weight is 371 g/mol. The molecule has 0 atom stereocenters. The maximum Gasteiger partial charge on any atom is 0.534 e. The highest BCUT2D eigenvalue weighted by Crippen LogP contribution is 2.33. The molecule has 0 saturated carbocycles. The van der Waals surface area contributed by atoms with Crippen molar-refractivity contribution in [2.45, 2.75) is 12.4 Å². The molecule has 1 aromatic rings. The van der Waals surface area contributed by atoms with E-state index in [1.165, 1.54) is 13.2 Å². The van der Waals surface area contributed by atoms with Gasteiger partial charge in [0, 0.05) is 6.07 Å². The van der Waals surface area contributed by atoms with E-state index in [4.69, 9.17) is 5.26 Å². The van der Waals surface area contributed by atoms with E-state index in [0.717, 1.165) is 17.8 Å². The number of nitrogens with zero attached hydrogens (tertiary/aromatic N) is 2. The number of nitrogens with one attached hydrogen (secondary N) is 1. The lowest BCUT2D eigenvalue weighted by Crippen LogP contribution is -2.28. The fraction of sp³-hybridized carbons (Fsp3) is 0.273. The Morgan fingerprint density at radius 3 is 2.52 bits per heavy atom. The van der Waals surface area contributed by atoms with Crippen molar-refractivity contribution < 1.29 is 30.2 Å². The number of aryl methyl sites for hydroxylation is 1. The summed E-state index contributed by atoms with van der Waals surface area (Å²) in [6.07, 6.45) is 3.06. The molecular formula is C11H9F4N3O3S2. The molecule has 0 saturated heterocycles. The fourth-order valence-electron chi connectivity index (χ4n) is 1.26. The Morgan fingerprint density at radius 2 is 2.04 bits per heavy atom. The summed E-state index contributed by atoms with van der Waals surface area (Å²) in [6.45, 7) is 1.17. The Hall–Kier alpha value is -2.00. The van der Waals surface area contributed by atoms with Crippen molar-refractivity contribution >= 4 is 32.7 Å². The minimum absolute atomic E-state index is 0.0418. The topological polar surface area (TPSA) is 91.5 Å². The van der Waals surface area contributed by atoms with Crippen molar-refractivity contribution in [2.24, 2.45) is 4.99 Å². The number of alkyl halides is 3. The van der Waals surface area contributed by atoms with Crippen LogP contribution in [0.25, 0.3) is 0 Å². The van der Waals surface area contributed by atoms with Gasteiger partial charge in [-0.1, -0.05) is 11.8 Å². The molecule has 12 heteroatoms. The molecule has 23 heavy (non-hydrogen) atoms. The van der Waals surface area contributed by atoms with Gasteiger partial charge in [-0.15, -0.1) is 0 Å². The molecule has 0 unspecified atom stereocenters. The van der Waals surface area contributed by atoms with Crippen LogP contribution in [-0.2, 0) is 10.1 Å². The first-order valence-electron chi connectivity index (χ1n) is 5.60. The van der Waals surface area contributed by atoms with Crippen molar-refractivity contribution in [1.29, 1.82) is 5.26 Å². The van der Waals surface area contributed by atoms with Crippen molar-refractivity contribution in [3.05, 3.63) is 23.5 Å². The lowest BCUT2D eigenvalue weighted by Gasteiger charge is -2.12. The monoisotopic (exact) mass is 371 g/mol. The number of halogens is 4. The Balaban J connectivity index is 3.33. The van der Waals surface area contributed by atoms with Crippen LogP contribution in [0.3, 0.4) is 0 Å². The van der Waals surface area contributed by atoms with E-state index in [0.29, 0.717) is 6.07 Å². The van der Waals surface area contributed by atoms with Crippen LogP contribution in [0.2, 0.25) is 0 Å². The largest absolute Gasteiger partial charge is 0.534 e. The first kappa shape index (κ1) is 19.0. The maximum atomic E-state index is 13.8. The standard InChI is InChI=1S/C11H9F4N3O3S2/c1-6-3-7(12)8(18-10(22-2)17-5-16)4-9(6)21-23(19,20)11(13,14)15/h3-4H,1-2H3,(H,17,18). The molecule has 1 rings (SSSR count). The summed E-state index contributed by atoms with van der Waals surface area (Å²) < 4.78 is 76.8. The molecule has 0 aliphatic rings. The molecule has 1 N–H and O–H groups in total. The highest BCUT2D eigenvalue weighted by molar-refractivity contribution is 8.13. The molecule has 0 heterocycles. The van der Waals surface area contributed by atoms with Crippen LogP contribution in [0.4, 0.5) is 23.2 Å². The second-order valence-electron chi connectivity index (χ2n) is 3.91. The second-order valence-corrected chi connectivity index (χ2v) is 6.24. The summed E-state index contributed by atoms with van der Waals surface area (Å²) in [7, 11) is -5.89. The van der Waals surface area contributed by atoms with Crippen LogP contribution in [0.5, 0.6) is 5.75 Å². The number of rotatable bonds is 3. The first-order chi connectivity index (χ1) is 10.5. The summed E-state index contributed by atoms with van der Waals surface area (Å²) in [6, 6.07) is 1.47. The maximum absolute atomic E-state index is 13.8. The number of aliphatic imine (C=N–C) groups is 1. The van der Waals surface area contributed by atoms with Crippen LogP contribution >= 0.6 is 11.8 Å². The summed E-state index contributed by atoms with van der Waals surface area (Å²) >= 11 is 0.936. The Bertz CT molecular complexity index is 770. The predicted octanol–water partition coefficient (Wildman–Crippen LogP) is 2.78. The fourth-order valence-corrected chi connectivity index (χ4v) is 2.11. The average Bonchev–Trinajstić information content (AvgIpc) is 2.41. The van der Waals surface area contributed by atoms with E-state index in [2.05, 4.69) is 14.5 Å². The third kappa shape index (κ3) is 4.73. The molecule has 0 bridgehead atoms. The molecule has 1 aromatic carbocycles. The minimum atomic E-state index is -5.89. The summed E-state index contributed by atoms with van der Waals surface area (Å²) in [4.78, 5) is 3.68. The third-order valence-corrected chi connectivity index (χ3v) is 3.85. The Morgan fingerprint density at radius 1 is 1.43 bits per heavy atom. The summed E-state index contributed by atoms with van der Waals surface area (Å²) in [5.74, 6) is -1.65. The predicted molar refractivity (Wildman–Crippen MR) is 76.1 cm³/mol. The molecule has 6 nitrogen and oxygen atoms in total. The lowest BCUT2D eigenvalue weighted by atomic mass is 10.2. The lowest BCUT2D eigenvalue weighted by molar-refractivity contribution is -0.0500. The molecule has 0 amide bonds. The zero-order valence-electron chi connectivity index (χ0n) is 11.6. The van der Waals surface area contributed by atoms with Gasteiger partial charge in [-0.05, 0) is 24.8 Å². The van der Waals surface area contributed by atoms with E-state index < -0.39 is 32.9 Å². The molecular weight excluding hydrogens is 362 g/mol. The van der Waals surface area contributed by atoms with Crippen molar-refractivity contribution in [3.8, 4) is 11.9 Å². The normalized spacial score (nSPS) is 12.7. The quantitative estimate of drug-likeness (QED) is 0.167. The van der Waals surface area contributed by atoms with Gasteiger partial charge in [-0.25, -0.2) is 9.38 Å². The van der Waals surface area contributed by atoms with Crippen molar-refractivity contribution in [1.82, 2.24) is 5.32 Å². The number of hydrogen-bond acceptors (Lipinski definition) is 6. The number of amidine groups is 1. The molecule has 0 aromatic heterocycles. The van der Waals surface area contributed by atoms with Crippen LogP contribution in [0.1, 0.15) is 5.56 Å². The van der Waals surface area contributed by atoms with Crippen LogP contribution < -0.4 is 9.50 Å².